The van der Waals surface area contributed by atoms with E-state index < -0.39 is 22.8 Å². The number of nitrogens with one attached hydrogen (secondary N) is 2. The van der Waals surface area contributed by atoms with Gasteiger partial charge in [-0.25, -0.2) is 23.4 Å². The van der Waals surface area contributed by atoms with Crippen LogP contribution in [0.1, 0.15) is 13.3 Å². The summed E-state index contributed by atoms with van der Waals surface area (Å²) in [5.41, 5.74) is 2.64. The van der Waals surface area contributed by atoms with Crippen LogP contribution < -0.4 is 15.5 Å². The minimum atomic E-state index is -3.52. The van der Waals surface area contributed by atoms with Gasteiger partial charge in [0.1, 0.15) is 18.1 Å². The third kappa shape index (κ3) is 6.94. The van der Waals surface area contributed by atoms with E-state index in [1.54, 1.807) is 12.4 Å². The maximum absolute atomic E-state index is 13.3. The van der Waals surface area contributed by atoms with E-state index >= 15 is 0 Å². The standard InChI is InChI=1S/C28H45N9O3SSi/c1-21-15-28(19-29-16-21,41(3,38)39)34-25-22(17-31-27(33-25)36-11-9-35(2)10-12-36)24-18-30-26-23(32-24)7-8-37(26)20-40-13-14-42(4,5)6/h7-8,17-18,21,29H,9-16,19-20H2,1-6H3,(H,31,33,34)/t21-,28-/m0/s1. The number of hydrogen-bond donors (Lipinski definition) is 2. The van der Waals surface area contributed by atoms with E-state index in [9.17, 15) is 8.42 Å². The molecular weight excluding hydrogens is 571 g/mol. The van der Waals surface area contributed by atoms with Gasteiger partial charge in [-0.15, -0.1) is 0 Å². The Morgan fingerprint density at radius 3 is 2.60 bits per heavy atom. The number of likely N-dealkylation sites (N-methyl/N-ethyl adjacent to an activating group) is 1. The molecule has 0 spiro atoms. The van der Waals surface area contributed by atoms with Crippen molar-refractivity contribution in [2.75, 3.05) is 69.4 Å². The van der Waals surface area contributed by atoms with Gasteiger partial charge in [-0.2, -0.15) is 4.98 Å². The van der Waals surface area contributed by atoms with Crippen LogP contribution in [-0.4, -0.2) is 110 Å². The van der Waals surface area contributed by atoms with Crippen molar-refractivity contribution in [2.45, 2.75) is 50.6 Å². The third-order valence-corrected chi connectivity index (χ3v) is 11.7. The third-order valence-electron chi connectivity index (χ3n) is 8.17. The van der Waals surface area contributed by atoms with Gasteiger partial charge in [0.2, 0.25) is 5.95 Å². The second-order valence-electron chi connectivity index (χ2n) is 13.2. The lowest BCUT2D eigenvalue weighted by molar-refractivity contribution is 0.0899. The zero-order chi connectivity index (χ0) is 30.1. The Balaban J connectivity index is 1.48. The lowest BCUT2D eigenvalue weighted by atomic mass is 9.96. The number of hydrogen-bond acceptors (Lipinski definition) is 11. The molecule has 2 aliphatic heterocycles. The molecule has 3 aromatic heterocycles. The van der Waals surface area contributed by atoms with Crippen molar-refractivity contribution < 1.29 is 13.2 Å². The van der Waals surface area contributed by atoms with E-state index in [0.717, 1.165) is 56.5 Å². The molecule has 2 N–H and O–H groups in total. The second-order valence-corrected chi connectivity index (χ2v) is 21.1. The van der Waals surface area contributed by atoms with Gasteiger partial charge in [-0.3, -0.25) is 0 Å². The van der Waals surface area contributed by atoms with E-state index in [0.29, 0.717) is 36.2 Å². The average Bonchev–Trinajstić information content (AvgIpc) is 3.32. The van der Waals surface area contributed by atoms with E-state index in [4.69, 9.17) is 24.7 Å². The molecule has 2 fully saturated rings. The van der Waals surface area contributed by atoms with Crippen molar-refractivity contribution >= 4 is 40.8 Å². The maximum atomic E-state index is 13.3. The maximum Gasteiger partial charge on any atom is 0.227 e. The summed E-state index contributed by atoms with van der Waals surface area (Å²) in [5.74, 6) is 1.20. The molecule has 5 heterocycles. The van der Waals surface area contributed by atoms with Crippen LogP contribution in [0, 0.1) is 5.92 Å². The van der Waals surface area contributed by atoms with Crippen LogP contribution >= 0.6 is 0 Å². The molecule has 0 saturated carbocycles. The summed E-state index contributed by atoms with van der Waals surface area (Å²) in [5, 5.41) is 6.70. The number of sulfone groups is 1. The SMILES string of the molecule is C[C@@H]1CNC[C@@](Nc2nc(N3CCN(C)CC3)ncc2-c2cnc3c(ccn3COCC[Si](C)(C)C)n2)(S(C)(=O)=O)C1. The smallest absolute Gasteiger partial charge is 0.227 e. The predicted octanol–water partition coefficient (Wildman–Crippen LogP) is 2.73. The van der Waals surface area contributed by atoms with Crippen molar-refractivity contribution in [3.05, 3.63) is 24.7 Å². The highest BCUT2D eigenvalue weighted by Crippen LogP contribution is 2.34. The Bertz CT molecular complexity index is 1500. The molecule has 12 nitrogen and oxygen atoms in total. The van der Waals surface area contributed by atoms with Crippen LogP contribution in [0.15, 0.2) is 24.7 Å². The summed E-state index contributed by atoms with van der Waals surface area (Å²) in [6.45, 7) is 14.7. The van der Waals surface area contributed by atoms with Crippen molar-refractivity contribution in [3.8, 4) is 11.3 Å². The molecule has 5 rings (SSSR count). The number of rotatable bonds is 10. The summed E-state index contributed by atoms with van der Waals surface area (Å²) in [6.07, 6.45) is 7.14. The molecule has 230 valence electrons. The fourth-order valence-electron chi connectivity index (χ4n) is 5.46. The van der Waals surface area contributed by atoms with Gasteiger partial charge in [-0.05, 0) is 38.0 Å². The Morgan fingerprint density at radius 2 is 1.90 bits per heavy atom. The fraction of sp³-hybridized carbons (Fsp3) is 0.643. The first-order valence-electron chi connectivity index (χ1n) is 14.7. The molecular formula is C28H45N9O3SSi. The summed E-state index contributed by atoms with van der Waals surface area (Å²) in [4.78, 5) is 22.5. The molecule has 0 amide bonds. The van der Waals surface area contributed by atoms with E-state index in [-0.39, 0.29) is 12.5 Å². The highest BCUT2D eigenvalue weighted by Gasteiger charge is 2.45. The lowest BCUT2D eigenvalue weighted by Crippen LogP contribution is -2.58. The Hall–Kier alpha value is -2.65. The lowest BCUT2D eigenvalue weighted by Gasteiger charge is -2.40. The summed E-state index contributed by atoms with van der Waals surface area (Å²) >= 11 is 0. The van der Waals surface area contributed by atoms with Crippen LogP contribution in [0.25, 0.3) is 22.4 Å². The fourth-order valence-corrected chi connectivity index (χ4v) is 7.45. The van der Waals surface area contributed by atoms with Crippen LogP contribution in [0.4, 0.5) is 11.8 Å². The monoisotopic (exact) mass is 615 g/mol. The predicted molar refractivity (Wildman–Crippen MR) is 170 cm³/mol. The Labute approximate surface area is 250 Å². The number of aromatic nitrogens is 5. The van der Waals surface area contributed by atoms with E-state index in [1.165, 1.54) is 6.26 Å². The minimum absolute atomic E-state index is 0.173. The van der Waals surface area contributed by atoms with Crippen molar-refractivity contribution in [2.24, 2.45) is 5.92 Å². The van der Waals surface area contributed by atoms with Gasteiger partial charge < -0.3 is 29.7 Å². The van der Waals surface area contributed by atoms with Crippen LogP contribution in [0.2, 0.25) is 25.7 Å². The molecule has 2 atom stereocenters. The number of piperazine rings is 1. The average molecular weight is 616 g/mol. The van der Waals surface area contributed by atoms with Gasteiger partial charge >= 0.3 is 0 Å². The first-order chi connectivity index (χ1) is 19.8. The summed E-state index contributed by atoms with van der Waals surface area (Å²) in [7, 11) is -2.59. The normalized spacial score (nSPS) is 22.5. The molecule has 0 aromatic carbocycles. The first-order valence-corrected chi connectivity index (χ1v) is 20.3. The molecule has 2 aliphatic rings. The van der Waals surface area contributed by atoms with E-state index in [2.05, 4.69) is 54.0 Å². The number of ether oxygens (including phenoxy) is 1. The molecule has 0 unspecified atom stereocenters. The zero-order valence-corrected chi connectivity index (χ0v) is 27.5. The molecule has 0 radical (unpaired) electrons. The Kier molecular flexibility index (Phi) is 8.91. The van der Waals surface area contributed by atoms with Crippen molar-refractivity contribution in [3.63, 3.8) is 0 Å². The molecule has 0 bridgehead atoms. The molecule has 2 saturated heterocycles. The number of fused-ring (bicyclic) bond motifs is 1. The quantitative estimate of drug-likeness (QED) is 0.258. The van der Waals surface area contributed by atoms with Crippen molar-refractivity contribution in [1.82, 2.24) is 34.7 Å². The van der Waals surface area contributed by atoms with Gasteiger partial charge in [0, 0.05) is 66.1 Å². The van der Waals surface area contributed by atoms with E-state index in [1.807, 2.05) is 16.8 Å². The Morgan fingerprint density at radius 1 is 1.14 bits per heavy atom. The zero-order valence-electron chi connectivity index (χ0n) is 25.7. The highest BCUT2D eigenvalue weighted by atomic mass is 32.2. The van der Waals surface area contributed by atoms with Crippen molar-refractivity contribution in [1.29, 1.82) is 0 Å². The van der Waals surface area contributed by atoms with Gasteiger partial charge in [0.25, 0.3) is 0 Å². The molecule has 14 heteroatoms. The van der Waals surface area contributed by atoms with Gasteiger partial charge in [0.15, 0.2) is 20.4 Å². The number of anilines is 2. The summed E-state index contributed by atoms with van der Waals surface area (Å²) < 4.78 is 34.4. The topological polar surface area (TPSA) is 130 Å². The summed E-state index contributed by atoms with van der Waals surface area (Å²) in [6, 6.07) is 3.02. The molecule has 42 heavy (non-hydrogen) atoms. The second kappa shape index (κ2) is 12.2. The largest absolute Gasteiger partial charge is 0.361 e. The van der Waals surface area contributed by atoms with Crippen LogP contribution in [0.5, 0.6) is 0 Å². The molecule has 0 aliphatic carbocycles. The molecule has 3 aromatic rings. The van der Waals surface area contributed by atoms with Gasteiger partial charge in [0.05, 0.1) is 17.5 Å². The number of nitrogens with zero attached hydrogens (tertiary/aromatic N) is 7. The van der Waals surface area contributed by atoms with Crippen LogP contribution in [0.3, 0.4) is 0 Å². The highest BCUT2D eigenvalue weighted by molar-refractivity contribution is 7.92. The van der Waals surface area contributed by atoms with Gasteiger partial charge in [-0.1, -0.05) is 26.6 Å². The van der Waals surface area contributed by atoms with Crippen LogP contribution in [-0.2, 0) is 21.3 Å². The number of piperidine rings is 1. The first kappa shape index (κ1) is 30.8. The minimum Gasteiger partial charge on any atom is -0.361 e.